The number of nitrogens with zero attached hydrogens (tertiary/aromatic N) is 3. The highest BCUT2D eigenvalue weighted by Gasteiger charge is 2.25. The van der Waals surface area contributed by atoms with Crippen LogP contribution in [0.3, 0.4) is 0 Å². The van der Waals surface area contributed by atoms with Crippen molar-refractivity contribution in [1.29, 1.82) is 0 Å². The normalized spacial score (nSPS) is 14.9. The zero-order valence-electron chi connectivity index (χ0n) is 17.1. The fraction of sp³-hybridized carbons (Fsp3) is 0.524. The highest BCUT2D eigenvalue weighted by atomic mass is 16.5. The fourth-order valence-corrected chi connectivity index (χ4v) is 3.67. The number of carbonyl (C=O) groups excluding carboxylic acids is 2. The molecule has 1 fully saturated rings. The number of piperazine rings is 1. The van der Waals surface area contributed by atoms with E-state index in [1.165, 1.54) is 0 Å². The Morgan fingerprint density at radius 1 is 1.10 bits per heavy atom. The van der Waals surface area contributed by atoms with Gasteiger partial charge in [-0.15, -0.1) is 0 Å². The van der Waals surface area contributed by atoms with Gasteiger partial charge in [-0.05, 0) is 43.5 Å². The van der Waals surface area contributed by atoms with Gasteiger partial charge in [-0.1, -0.05) is 18.9 Å². The van der Waals surface area contributed by atoms with Crippen molar-refractivity contribution in [2.75, 3.05) is 44.7 Å². The molecular formula is C21H31N5O3. The summed E-state index contributed by atoms with van der Waals surface area (Å²) in [7, 11) is 2.08. The smallest absolute Gasteiger partial charge is 0.324 e. The van der Waals surface area contributed by atoms with Crippen molar-refractivity contribution < 1.29 is 14.8 Å². The van der Waals surface area contributed by atoms with E-state index < -0.39 is 0 Å². The molecule has 1 aromatic carbocycles. The summed E-state index contributed by atoms with van der Waals surface area (Å²) in [6, 6.07) is 8.17. The Kier molecular flexibility index (Phi) is 7.48. The Morgan fingerprint density at radius 3 is 2.62 bits per heavy atom. The highest BCUT2D eigenvalue weighted by molar-refractivity contribution is 5.94. The minimum Gasteiger partial charge on any atom is -0.361 e. The maximum Gasteiger partial charge on any atom is 0.324 e. The summed E-state index contributed by atoms with van der Waals surface area (Å²) in [6.07, 6.45) is 5.64. The second kappa shape index (κ2) is 10.3. The first-order chi connectivity index (χ1) is 14.1. The predicted molar refractivity (Wildman–Crippen MR) is 113 cm³/mol. The molecule has 3 amide bonds. The molecule has 0 aliphatic carbocycles. The molecule has 29 heavy (non-hydrogen) atoms. The zero-order chi connectivity index (χ0) is 20.6. The Hall–Kier alpha value is -2.58. The SMILES string of the molecule is CN1CCN(C(=O)N(CCCCCCC(=O)NO)c2ccc3cc[nH]c3c2)CC1. The number of H-pyrrole nitrogens is 1. The lowest BCUT2D eigenvalue weighted by Crippen LogP contribution is -2.52. The van der Waals surface area contributed by atoms with Crippen molar-refractivity contribution in [2.45, 2.75) is 32.1 Å². The summed E-state index contributed by atoms with van der Waals surface area (Å²) in [6.45, 7) is 3.91. The topological polar surface area (TPSA) is 91.9 Å². The van der Waals surface area contributed by atoms with Gasteiger partial charge in [0.25, 0.3) is 0 Å². The first kappa shape index (κ1) is 21.1. The van der Waals surface area contributed by atoms with E-state index in [0.717, 1.165) is 68.5 Å². The second-order valence-corrected chi connectivity index (χ2v) is 7.67. The summed E-state index contributed by atoms with van der Waals surface area (Å²) in [5.41, 5.74) is 3.59. The van der Waals surface area contributed by atoms with Crippen molar-refractivity contribution in [3.63, 3.8) is 0 Å². The van der Waals surface area contributed by atoms with Gasteiger partial charge in [0, 0.05) is 56.5 Å². The zero-order valence-corrected chi connectivity index (χ0v) is 17.1. The van der Waals surface area contributed by atoms with Gasteiger partial charge in [0.05, 0.1) is 0 Å². The molecule has 1 saturated heterocycles. The van der Waals surface area contributed by atoms with E-state index in [1.807, 2.05) is 40.3 Å². The van der Waals surface area contributed by atoms with Gasteiger partial charge in [0.15, 0.2) is 0 Å². The predicted octanol–water partition coefficient (Wildman–Crippen LogP) is 2.80. The summed E-state index contributed by atoms with van der Waals surface area (Å²) in [5.74, 6) is -0.351. The lowest BCUT2D eigenvalue weighted by Gasteiger charge is -2.36. The molecule has 1 aromatic heterocycles. The summed E-state index contributed by atoms with van der Waals surface area (Å²) in [5, 5.41) is 9.67. The molecule has 3 rings (SSSR count). The van der Waals surface area contributed by atoms with Crippen LogP contribution in [0.4, 0.5) is 10.5 Å². The molecule has 0 spiro atoms. The van der Waals surface area contributed by atoms with Crippen LogP contribution in [0.15, 0.2) is 30.5 Å². The van der Waals surface area contributed by atoms with E-state index in [9.17, 15) is 9.59 Å². The number of nitrogens with one attached hydrogen (secondary N) is 2. The number of hydroxylamine groups is 1. The number of fused-ring (bicyclic) bond motifs is 1. The van der Waals surface area contributed by atoms with Gasteiger partial charge < -0.3 is 14.8 Å². The lowest BCUT2D eigenvalue weighted by molar-refractivity contribution is -0.129. The highest BCUT2D eigenvalue weighted by Crippen LogP contribution is 2.23. The molecule has 2 aromatic rings. The molecular weight excluding hydrogens is 370 g/mol. The van der Waals surface area contributed by atoms with Gasteiger partial charge in [0.1, 0.15) is 0 Å². The average Bonchev–Trinajstić information content (AvgIpc) is 3.21. The Labute approximate surface area is 171 Å². The van der Waals surface area contributed by atoms with Crippen LogP contribution in [0.1, 0.15) is 32.1 Å². The second-order valence-electron chi connectivity index (χ2n) is 7.67. The quantitative estimate of drug-likeness (QED) is 0.360. The lowest BCUT2D eigenvalue weighted by atomic mass is 10.1. The molecule has 0 atom stereocenters. The Balaban J connectivity index is 1.63. The standard InChI is InChI=1S/C21H31N5O3/c1-24-12-14-25(15-13-24)21(28)26(11-5-3-2-4-6-20(27)23-29)18-8-7-17-9-10-22-19(17)16-18/h7-10,16,22,29H,2-6,11-15H2,1H3,(H,23,27). The van der Waals surface area contributed by atoms with Gasteiger partial charge >= 0.3 is 6.03 Å². The number of carbonyl (C=O) groups is 2. The van der Waals surface area contributed by atoms with Crippen molar-refractivity contribution in [3.05, 3.63) is 30.5 Å². The monoisotopic (exact) mass is 401 g/mol. The van der Waals surface area contributed by atoms with Gasteiger partial charge in [0.2, 0.25) is 5.91 Å². The number of anilines is 1. The van der Waals surface area contributed by atoms with Gasteiger partial charge in [-0.3, -0.25) is 14.9 Å². The maximum absolute atomic E-state index is 13.3. The first-order valence-corrected chi connectivity index (χ1v) is 10.3. The third-order valence-electron chi connectivity index (χ3n) is 5.52. The summed E-state index contributed by atoms with van der Waals surface area (Å²) >= 11 is 0. The molecule has 0 saturated carbocycles. The molecule has 2 heterocycles. The van der Waals surface area contributed by atoms with Crippen LogP contribution in [-0.4, -0.2) is 71.7 Å². The number of amides is 3. The number of aromatic nitrogens is 1. The minimum absolute atomic E-state index is 0.0589. The van der Waals surface area contributed by atoms with Crippen LogP contribution in [0, 0.1) is 0 Å². The summed E-state index contributed by atoms with van der Waals surface area (Å²) < 4.78 is 0. The third kappa shape index (κ3) is 5.71. The fourth-order valence-electron chi connectivity index (χ4n) is 3.67. The van der Waals surface area contributed by atoms with Crippen LogP contribution in [0.5, 0.6) is 0 Å². The number of hydrogen-bond acceptors (Lipinski definition) is 4. The van der Waals surface area contributed by atoms with E-state index in [1.54, 1.807) is 5.48 Å². The third-order valence-corrected chi connectivity index (χ3v) is 5.52. The Morgan fingerprint density at radius 2 is 1.86 bits per heavy atom. The van der Waals surface area contributed by atoms with Crippen LogP contribution in [-0.2, 0) is 4.79 Å². The largest absolute Gasteiger partial charge is 0.361 e. The number of benzene rings is 1. The number of aromatic amines is 1. The van der Waals surface area contributed by atoms with E-state index in [-0.39, 0.29) is 11.9 Å². The van der Waals surface area contributed by atoms with Gasteiger partial charge in [-0.2, -0.15) is 0 Å². The number of likely N-dealkylation sites (N-methyl/N-ethyl adjacent to an activating group) is 1. The number of urea groups is 1. The molecule has 1 aliphatic rings. The van der Waals surface area contributed by atoms with Crippen molar-refractivity contribution in [3.8, 4) is 0 Å². The molecule has 8 heteroatoms. The molecule has 0 unspecified atom stereocenters. The molecule has 0 bridgehead atoms. The molecule has 3 N–H and O–H groups in total. The van der Waals surface area contributed by atoms with E-state index in [4.69, 9.17) is 5.21 Å². The minimum atomic E-state index is -0.351. The van der Waals surface area contributed by atoms with Crippen molar-refractivity contribution in [1.82, 2.24) is 20.3 Å². The number of hydrogen-bond donors (Lipinski definition) is 3. The summed E-state index contributed by atoms with van der Waals surface area (Å²) in [4.78, 5) is 33.6. The molecule has 8 nitrogen and oxygen atoms in total. The number of unbranched alkanes of at least 4 members (excludes halogenated alkanes) is 3. The average molecular weight is 402 g/mol. The molecule has 0 radical (unpaired) electrons. The van der Waals surface area contributed by atoms with Crippen LogP contribution < -0.4 is 10.4 Å². The van der Waals surface area contributed by atoms with E-state index >= 15 is 0 Å². The van der Waals surface area contributed by atoms with Crippen LogP contribution in [0.2, 0.25) is 0 Å². The van der Waals surface area contributed by atoms with Gasteiger partial charge in [-0.25, -0.2) is 10.3 Å². The van der Waals surface area contributed by atoms with Crippen molar-refractivity contribution >= 4 is 28.5 Å². The molecule has 1 aliphatic heterocycles. The number of rotatable bonds is 8. The van der Waals surface area contributed by atoms with E-state index in [0.29, 0.717) is 13.0 Å². The first-order valence-electron chi connectivity index (χ1n) is 10.3. The maximum atomic E-state index is 13.3. The van der Waals surface area contributed by atoms with Crippen molar-refractivity contribution in [2.24, 2.45) is 0 Å². The Bertz CT molecular complexity index is 814. The van der Waals surface area contributed by atoms with Crippen LogP contribution >= 0.6 is 0 Å². The molecule has 158 valence electrons. The van der Waals surface area contributed by atoms with E-state index in [2.05, 4.69) is 16.9 Å². The van der Waals surface area contributed by atoms with Crippen LogP contribution in [0.25, 0.3) is 10.9 Å².